The number of carboxylic acid groups (broad SMARTS) is 1. The van der Waals surface area contributed by atoms with E-state index in [1.165, 1.54) is 18.2 Å². The average molecular weight is 307 g/mol. The van der Waals surface area contributed by atoms with Gasteiger partial charge in [0.2, 0.25) is 0 Å². The monoisotopic (exact) mass is 307 g/mol. The Kier molecular flexibility index (Phi) is 5.14. The molecule has 0 saturated carbocycles. The highest BCUT2D eigenvalue weighted by atomic mass is 19.4. The van der Waals surface area contributed by atoms with Crippen LogP contribution in [0.4, 0.5) is 23.2 Å². The fraction of sp³-hybridized carbons (Fsp3) is 0.250. The predicted molar refractivity (Wildman–Crippen MR) is 67.2 cm³/mol. The first-order valence-corrected chi connectivity index (χ1v) is 5.71. The molecule has 0 aliphatic rings. The first-order chi connectivity index (χ1) is 9.63. The number of nitrogens with zero attached hydrogens (tertiary/aromatic N) is 1. The number of alkyl halides is 3. The molecular formula is C12H13F4N3O2. The Labute approximate surface area is 117 Å². The summed E-state index contributed by atoms with van der Waals surface area (Å²) in [6.07, 6.45) is -6.65. The second-order valence-corrected chi connectivity index (χ2v) is 4.10. The number of aliphatic carboxylic acids is 1. The van der Waals surface area contributed by atoms with E-state index in [0.29, 0.717) is 5.01 Å². The van der Waals surface area contributed by atoms with Gasteiger partial charge < -0.3 is 10.8 Å². The van der Waals surface area contributed by atoms with Crippen LogP contribution in [-0.4, -0.2) is 17.3 Å². The molecule has 1 aromatic rings. The third kappa shape index (κ3) is 4.63. The molecule has 0 aliphatic carbocycles. The van der Waals surface area contributed by atoms with Gasteiger partial charge in [-0.1, -0.05) is 12.1 Å². The van der Waals surface area contributed by atoms with Gasteiger partial charge in [-0.2, -0.15) is 13.2 Å². The molecule has 0 aromatic heterocycles. The summed E-state index contributed by atoms with van der Waals surface area (Å²) >= 11 is 0. The van der Waals surface area contributed by atoms with Crippen molar-refractivity contribution in [3.05, 3.63) is 41.5 Å². The minimum absolute atomic E-state index is 0.279. The summed E-state index contributed by atoms with van der Waals surface area (Å²) in [5, 5.41) is 9.33. The van der Waals surface area contributed by atoms with Crippen molar-refractivity contribution in [2.24, 2.45) is 11.6 Å². The first-order valence-electron chi connectivity index (χ1n) is 5.71. The van der Waals surface area contributed by atoms with Gasteiger partial charge in [-0.3, -0.25) is 5.01 Å². The van der Waals surface area contributed by atoms with Crippen molar-refractivity contribution in [2.45, 2.75) is 19.0 Å². The van der Waals surface area contributed by atoms with Crippen LogP contribution in [0.2, 0.25) is 0 Å². The molecule has 1 rings (SSSR count). The highest BCUT2D eigenvalue weighted by molar-refractivity contribution is 5.87. The Balaban J connectivity index is 3.16. The van der Waals surface area contributed by atoms with Gasteiger partial charge in [-0.05, 0) is 12.1 Å². The lowest BCUT2D eigenvalue weighted by Crippen LogP contribution is -2.35. The van der Waals surface area contributed by atoms with E-state index in [4.69, 9.17) is 16.7 Å². The van der Waals surface area contributed by atoms with Crippen LogP contribution in [0.25, 0.3) is 0 Å². The van der Waals surface area contributed by atoms with E-state index in [0.717, 1.165) is 6.07 Å². The molecule has 0 aliphatic heterocycles. The normalized spacial score (nSPS) is 12.8. The number of carbonyl (C=O) groups is 1. The molecule has 116 valence electrons. The number of hydrazine groups is 1. The Bertz CT molecular complexity index is 558. The zero-order valence-electron chi connectivity index (χ0n) is 10.7. The van der Waals surface area contributed by atoms with Gasteiger partial charge in [0.05, 0.1) is 11.4 Å². The van der Waals surface area contributed by atoms with Crippen LogP contribution in [0, 0.1) is 5.82 Å². The summed E-state index contributed by atoms with van der Waals surface area (Å²) in [6, 6.07) is 4.98. The summed E-state index contributed by atoms with van der Waals surface area (Å²) in [7, 11) is 0. The second-order valence-electron chi connectivity index (χ2n) is 4.10. The van der Waals surface area contributed by atoms with Crippen molar-refractivity contribution in [3.63, 3.8) is 0 Å². The van der Waals surface area contributed by atoms with Gasteiger partial charge in [0.25, 0.3) is 0 Å². The minimum Gasteiger partial charge on any atom is -0.477 e. The highest BCUT2D eigenvalue weighted by Crippen LogP contribution is 2.28. The molecule has 0 atom stereocenters. The van der Waals surface area contributed by atoms with E-state index < -0.39 is 42.2 Å². The molecule has 0 spiro atoms. The molecule has 0 heterocycles. The summed E-state index contributed by atoms with van der Waals surface area (Å²) in [5.41, 5.74) is 3.57. The Morgan fingerprint density at radius 3 is 2.33 bits per heavy atom. The highest BCUT2D eigenvalue weighted by Gasteiger charge is 2.29. The van der Waals surface area contributed by atoms with Crippen LogP contribution in [0.5, 0.6) is 0 Å². The molecule has 0 amide bonds. The quantitative estimate of drug-likeness (QED) is 0.335. The maximum absolute atomic E-state index is 13.6. The molecule has 0 fully saturated rings. The van der Waals surface area contributed by atoms with Crippen LogP contribution in [0.15, 0.2) is 35.7 Å². The van der Waals surface area contributed by atoms with Crippen molar-refractivity contribution in [3.8, 4) is 0 Å². The molecular weight excluding hydrogens is 294 g/mol. The molecule has 9 heteroatoms. The number of hydrogen-bond acceptors (Lipinski definition) is 4. The number of para-hydroxylation sites is 1. The van der Waals surface area contributed by atoms with Crippen molar-refractivity contribution < 1.29 is 27.5 Å². The third-order valence-electron chi connectivity index (χ3n) is 2.59. The van der Waals surface area contributed by atoms with Crippen molar-refractivity contribution >= 4 is 11.7 Å². The number of rotatable bonds is 5. The average Bonchev–Trinajstić information content (AvgIpc) is 2.37. The molecule has 5 N–H and O–H groups in total. The van der Waals surface area contributed by atoms with Crippen LogP contribution >= 0.6 is 0 Å². The van der Waals surface area contributed by atoms with Gasteiger partial charge in [0.15, 0.2) is 0 Å². The molecule has 0 radical (unpaired) electrons. The zero-order chi connectivity index (χ0) is 16.2. The lowest BCUT2D eigenvalue weighted by molar-refractivity contribution is -0.135. The van der Waals surface area contributed by atoms with Crippen molar-refractivity contribution in [2.75, 3.05) is 5.01 Å². The van der Waals surface area contributed by atoms with Crippen LogP contribution < -0.4 is 16.6 Å². The molecule has 5 nitrogen and oxygen atoms in total. The minimum atomic E-state index is -4.53. The summed E-state index contributed by atoms with van der Waals surface area (Å²) in [6.45, 7) is 0. The van der Waals surface area contributed by atoms with Crippen LogP contribution in [0.3, 0.4) is 0 Å². The van der Waals surface area contributed by atoms with Gasteiger partial charge in [-0.15, -0.1) is 0 Å². The SMILES string of the molecule is N/C(C(=O)O)=C(/CCC(F)(F)F)N(N)c1ccccc1F. The molecule has 0 saturated heterocycles. The Morgan fingerprint density at radius 2 is 1.86 bits per heavy atom. The molecule has 21 heavy (non-hydrogen) atoms. The van der Waals surface area contributed by atoms with E-state index >= 15 is 0 Å². The fourth-order valence-electron chi connectivity index (χ4n) is 1.56. The Morgan fingerprint density at radius 1 is 1.29 bits per heavy atom. The number of hydrogen-bond donors (Lipinski definition) is 3. The lowest BCUT2D eigenvalue weighted by Gasteiger charge is -2.24. The summed E-state index contributed by atoms with van der Waals surface area (Å²) < 4.78 is 50.4. The number of anilines is 1. The van der Waals surface area contributed by atoms with E-state index in [-0.39, 0.29) is 5.69 Å². The smallest absolute Gasteiger partial charge is 0.389 e. The van der Waals surface area contributed by atoms with E-state index in [1.807, 2.05) is 0 Å². The standard InChI is InChI=1S/C12H13F4N3O2/c13-7-3-1-2-4-8(7)19(18)9(10(17)11(20)21)5-6-12(14,15)16/h1-4H,5-6,17-18H2,(H,20,21)/b10-9-. The largest absolute Gasteiger partial charge is 0.477 e. The van der Waals surface area contributed by atoms with Crippen molar-refractivity contribution in [1.82, 2.24) is 0 Å². The zero-order valence-corrected chi connectivity index (χ0v) is 10.7. The maximum atomic E-state index is 13.6. The molecule has 1 aromatic carbocycles. The topological polar surface area (TPSA) is 92.6 Å². The number of nitrogens with two attached hydrogens (primary N) is 2. The molecule has 0 bridgehead atoms. The van der Waals surface area contributed by atoms with Gasteiger partial charge in [0.1, 0.15) is 11.5 Å². The number of carboxylic acids is 1. The van der Waals surface area contributed by atoms with E-state index in [2.05, 4.69) is 0 Å². The number of halogens is 4. The summed E-state index contributed by atoms with van der Waals surface area (Å²) in [5.74, 6) is 3.08. The van der Waals surface area contributed by atoms with E-state index in [9.17, 15) is 22.4 Å². The van der Waals surface area contributed by atoms with Gasteiger partial charge in [0, 0.05) is 12.8 Å². The fourth-order valence-corrected chi connectivity index (χ4v) is 1.56. The van der Waals surface area contributed by atoms with Crippen LogP contribution in [0.1, 0.15) is 12.8 Å². The van der Waals surface area contributed by atoms with Gasteiger partial charge in [-0.25, -0.2) is 15.0 Å². The lowest BCUT2D eigenvalue weighted by atomic mass is 10.1. The summed E-state index contributed by atoms with van der Waals surface area (Å²) in [4.78, 5) is 10.8. The second kappa shape index (κ2) is 6.44. The third-order valence-corrected chi connectivity index (χ3v) is 2.59. The van der Waals surface area contributed by atoms with E-state index in [1.54, 1.807) is 0 Å². The predicted octanol–water partition coefficient (Wildman–Crippen LogP) is 2.10. The number of benzene rings is 1. The van der Waals surface area contributed by atoms with Gasteiger partial charge >= 0.3 is 12.1 Å². The molecule has 0 unspecified atom stereocenters. The maximum Gasteiger partial charge on any atom is 0.389 e. The van der Waals surface area contributed by atoms with Crippen LogP contribution in [-0.2, 0) is 4.79 Å². The number of allylic oxidation sites excluding steroid dienone is 1. The van der Waals surface area contributed by atoms with Crippen molar-refractivity contribution in [1.29, 1.82) is 0 Å². The first kappa shape index (κ1) is 16.8. The Hall–Kier alpha value is -2.29.